The van der Waals surface area contributed by atoms with Crippen molar-refractivity contribution in [3.63, 3.8) is 0 Å². The zero-order chi connectivity index (χ0) is 12.6. The number of hydrogen-bond acceptors (Lipinski definition) is 4. The lowest BCUT2D eigenvalue weighted by Gasteiger charge is -2.08. The van der Waals surface area contributed by atoms with Crippen LogP contribution in [-0.2, 0) is 7.05 Å². The Morgan fingerprint density at radius 1 is 1.41 bits per heavy atom. The van der Waals surface area contributed by atoms with Gasteiger partial charge in [-0.3, -0.25) is 4.68 Å². The molecule has 0 spiro atoms. The average molecular weight is 237 g/mol. The van der Waals surface area contributed by atoms with Gasteiger partial charge in [0.1, 0.15) is 11.6 Å². The summed E-state index contributed by atoms with van der Waals surface area (Å²) in [5, 5.41) is 13.7. The van der Waals surface area contributed by atoms with Gasteiger partial charge >= 0.3 is 0 Å². The summed E-state index contributed by atoms with van der Waals surface area (Å²) in [5.74, 6) is -0.408. The molecule has 90 valence electrons. The van der Waals surface area contributed by atoms with Crippen LogP contribution in [0.3, 0.4) is 0 Å². The largest absolute Gasteiger partial charge is 0.507 e. The summed E-state index contributed by atoms with van der Waals surface area (Å²) in [4.78, 5) is 0. The van der Waals surface area contributed by atoms with Gasteiger partial charge in [-0.15, -0.1) is 0 Å². The lowest BCUT2D eigenvalue weighted by atomic mass is 10.1. The smallest absolute Gasteiger partial charge is 0.168 e. The number of anilines is 1. The average Bonchev–Trinajstić information content (AvgIpc) is 2.61. The van der Waals surface area contributed by atoms with E-state index in [1.807, 2.05) is 0 Å². The normalized spacial score (nSPS) is 10.5. The quantitative estimate of drug-likeness (QED) is 0.830. The standard InChI is InChI=1S/C11H12FN3O2/c1-15-11(13)7(5-14-15)6-3-10(17-2)8(12)4-9(6)16/h3-5,16H,13H2,1-2H3. The molecule has 2 rings (SSSR count). The Bertz CT molecular complexity index is 566. The van der Waals surface area contributed by atoms with Crippen LogP contribution in [0.5, 0.6) is 11.5 Å². The van der Waals surface area contributed by atoms with Gasteiger partial charge in [-0.25, -0.2) is 4.39 Å². The molecule has 0 aliphatic rings. The number of aromatic nitrogens is 2. The van der Waals surface area contributed by atoms with Crippen LogP contribution in [0.25, 0.3) is 11.1 Å². The SMILES string of the molecule is COc1cc(-c2cnn(C)c2N)c(O)cc1F. The molecule has 0 saturated heterocycles. The fourth-order valence-corrected chi connectivity index (χ4v) is 1.57. The van der Waals surface area contributed by atoms with Crippen LogP contribution in [0.4, 0.5) is 10.2 Å². The third kappa shape index (κ3) is 1.77. The molecule has 17 heavy (non-hydrogen) atoms. The number of nitrogens with two attached hydrogens (primary N) is 1. The molecule has 0 amide bonds. The second-order valence-electron chi connectivity index (χ2n) is 3.57. The van der Waals surface area contributed by atoms with E-state index in [1.165, 1.54) is 24.1 Å². The number of halogens is 1. The molecule has 6 heteroatoms. The summed E-state index contributed by atoms with van der Waals surface area (Å²) in [7, 11) is 3.03. The topological polar surface area (TPSA) is 73.3 Å². The van der Waals surface area contributed by atoms with Crippen molar-refractivity contribution in [1.82, 2.24) is 9.78 Å². The maximum absolute atomic E-state index is 13.3. The molecule has 5 nitrogen and oxygen atoms in total. The first-order valence-electron chi connectivity index (χ1n) is 4.89. The second kappa shape index (κ2) is 3.97. The van der Waals surface area contributed by atoms with E-state index in [2.05, 4.69) is 5.10 Å². The number of nitrogens with zero attached hydrogens (tertiary/aromatic N) is 2. The minimum absolute atomic E-state index is 0.0426. The van der Waals surface area contributed by atoms with E-state index in [1.54, 1.807) is 7.05 Å². The predicted octanol–water partition coefficient (Wildman–Crippen LogP) is 1.52. The second-order valence-corrected chi connectivity index (χ2v) is 3.57. The number of aryl methyl sites for hydroxylation is 1. The van der Waals surface area contributed by atoms with Crippen molar-refractivity contribution >= 4 is 5.82 Å². The molecule has 0 bridgehead atoms. The lowest BCUT2D eigenvalue weighted by Crippen LogP contribution is -1.98. The molecule has 0 fully saturated rings. The van der Waals surface area contributed by atoms with E-state index in [0.29, 0.717) is 16.9 Å². The molecule has 0 saturated carbocycles. The van der Waals surface area contributed by atoms with E-state index in [0.717, 1.165) is 6.07 Å². The molecule has 0 radical (unpaired) electrons. The van der Waals surface area contributed by atoms with Gasteiger partial charge in [-0.05, 0) is 6.07 Å². The molecule has 0 atom stereocenters. The number of ether oxygens (including phenoxy) is 1. The van der Waals surface area contributed by atoms with Gasteiger partial charge in [0.15, 0.2) is 11.6 Å². The molecule has 1 aromatic carbocycles. The van der Waals surface area contributed by atoms with E-state index in [9.17, 15) is 9.50 Å². The Morgan fingerprint density at radius 3 is 2.65 bits per heavy atom. The summed E-state index contributed by atoms with van der Waals surface area (Å²) >= 11 is 0. The molecule has 3 N–H and O–H groups in total. The Hall–Kier alpha value is -2.24. The summed E-state index contributed by atoms with van der Waals surface area (Å²) < 4.78 is 19.6. The number of aromatic hydroxyl groups is 1. The number of hydrogen-bond donors (Lipinski definition) is 2. The number of rotatable bonds is 2. The van der Waals surface area contributed by atoms with Crippen molar-refractivity contribution < 1.29 is 14.2 Å². The highest BCUT2D eigenvalue weighted by Crippen LogP contribution is 2.36. The van der Waals surface area contributed by atoms with Crippen molar-refractivity contribution in [3.05, 3.63) is 24.1 Å². The van der Waals surface area contributed by atoms with Gasteiger partial charge in [0.25, 0.3) is 0 Å². The van der Waals surface area contributed by atoms with Gasteiger partial charge in [-0.2, -0.15) is 5.10 Å². The first kappa shape index (κ1) is 11.3. The van der Waals surface area contributed by atoms with Gasteiger partial charge < -0.3 is 15.6 Å². The first-order valence-corrected chi connectivity index (χ1v) is 4.89. The van der Waals surface area contributed by atoms with Crippen LogP contribution in [0, 0.1) is 5.82 Å². The van der Waals surface area contributed by atoms with Crippen LogP contribution < -0.4 is 10.5 Å². The van der Waals surface area contributed by atoms with Crippen molar-refractivity contribution in [2.75, 3.05) is 12.8 Å². The Balaban J connectivity index is 2.63. The zero-order valence-electron chi connectivity index (χ0n) is 9.44. The highest BCUT2D eigenvalue weighted by Gasteiger charge is 2.15. The van der Waals surface area contributed by atoms with Crippen LogP contribution in [0.2, 0.25) is 0 Å². The number of benzene rings is 1. The third-order valence-corrected chi connectivity index (χ3v) is 2.54. The summed E-state index contributed by atoms with van der Waals surface area (Å²) in [6.07, 6.45) is 1.50. The summed E-state index contributed by atoms with van der Waals surface area (Å²) in [5.41, 5.74) is 6.70. The number of methoxy groups -OCH3 is 1. The molecule has 0 unspecified atom stereocenters. The fraction of sp³-hybridized carbons (Fsp3) is 0.182. The monoisotopic (exact) mass is 237 g/mol. The minimum atomic E-state index is -0.629. The maximum Gasteiger partial charge on any atom is 0.168 e. The molecule has 1 aromatic heterocycles. The first-order chi connectivity index (χ1) is 8.04. The van der Waals surface area contributed by atoms with Crippen LogP contribution >= 0.6 is 0 Å². The van der Waals surface area contributed by atoms with E-state index in [-0.39, 0.29) is 11.5 Å². The lowest BCUT2D eigenvalue weighted by molar-refractivity contribution is 0.383. The molecule has 2 aromatic rings. The van der Waals surface area contributed by atoms with E-state index >= 15 is 0 Å². The molecule has 1 heterocycles. The Labute approximate surface area is 97.2 Å². The Morgan fingerprint density at radius 2 is 2.12 bits per heavy atom. The van der Waals surface area contributed by atoms with Gasteiger partial charge in [0, 0.05) is 24.2 Å². The third-order valence-electron chi connectivity index (χ3n) is 2.54. The van der Waals surface area contributed by atoms with Gasteiger partial charge in [0.2, 0.25) is 0 Å². The fourth-order valence-electron chi connectivity index (χ4n) is 1.57. The van der Waals surface area contributed by atoms with Crippen molar-refractivity contribution in [2.45, 2.75) is 0 Å². The minimum Gasteiger partial charge on any atom is -0.507 e. The van der Waals surface area contributed by atoms with Crippen LogP contribution in [-0.4, -0.2) is 22.0 Å². The van der Waals surface area contributed by atoms with Crippen molar-refractivity contribution in [2.24, 2.45) is 7.05 Å². The van der Waals surface area contributed by atoms with Crippen LogP contribution in [0.1, 0.15) is 0 Å². The highest BCUT2D eigenvalue weighted by molar-refractivity contribution is 5.79. The molecular formula is C11H12FN3O2. The van der Waals surface area contributed by atoms with E-state index < -0.39 is 5.82 Å². The zero-order valence-corrected chi connectivity index (χ0v) is 9.44. The summed E-state index contributed by atoms with van der Waals surface area (Å²) in [6.45, 7) is 0. The molecule has 0 aliphatic heterocycles. The highest BCUT2D eigenvalue weighted by atomic mass is 19.1. The maximum atomic E-state index is 13.3. The van der Waals surface area contributed by atoms with Crippen molar-refractivity contribution in [1.29, 1.82) is 0 Å². The molecule has 0 aliphatic carbocycles. The number of nitrogen functional groups attached to an aromatic ring is 1. The molecular weight excluding hydrogens is 225 g/mol. The predicted molar refractivity (Wildman–Crippen MR) is 61.2 cm³/mol. The van der Waals surface area contributed by atoms with Crippen molar-refractivity contribution in [3.8, 4) is 22.6 Å². The number of phenolic OH excluding ortho intramolecular Hbond substituents is 1. The van der Waals surface area contributed by atoms with Gasteiger partial charge in [0.05, 0.1) is 13.3 Å². The van der Waals surface area contributed by atoms with Gasteiger partial charge in [-0.1, -0.05) is 0 Å². The van der Waals surface area contributed by atoms with Crippen LogP contribution in [0.15, 0.2) is 18.3 Å². The number of phenols is 1. The Kier molecular flexibility index (Phi) is 2.63. The summed E-state index contributed by atoms with van der Waals surface area (Å²) in [6, 6.07) is 2.37. The van der Waals surface area contributed by atoms with E-state index in [4.69, 9.17) is 10.5 Å².